The van der Waals surface area contributed by atoms with Gasteiger partial charge in [-0.2, -0.15) is 0 Å². The molecule has 0 spiro atoms. The summed E-state index contributed by atoms with van der Waals surface area (Å²) in [7, 11) is 0. The highest BCUT2D eigenvalue weighted by atomic mass is 35.5. The van der Waals surface area contributed by atoms with Crippen molar-refractivity contribution in [2.24, 2.45) is 5.92 Å². The molecule has 1 amide bonds. The van der Waals surface area contributed by atoms with Gasteiger partial charge in [0.2, 0.25) is 5.91 Å². The average Bonchev–Trinajstić information content (AvgIpc) is 3.22. The number of carbonyl (C=O) groups is 1. The van der Waals surface area contributed by atoms with E-state index in [1.54, 1.807) is 17.4 Å². The molecular weight excluding hydrogens is 454 g/mol. The number of rotatable bonds is 10. The molecule has 1 aromatic carbocycles. The molecule has 1 aromatic heterocycles. The molecule has 31 heavy (non-hydrogen) atoms. The second kappa shape index (κ2) is 11.6. The summed E-state index contributed by atoms with van der Waals surface area (Å²) in [5.41, 5.74) is 2.68. The first-order valence-corrected chi connectivity index (χ1v) is 12.5. The summed E-state index contributed by atoms with van der Waals surface area (Å²) in [5.74, 6) is 0.177. The number of benzene rings is 1. The lowest BCUT2D eigenvalue weighted by Gasteiger charge is -2.23. The van der Waals surface area contributed by atoms with Crippen molar-refractivity contribution in [2.45, 2.75) is 45.1 Å². The molecule has 0 saturated heterocycles. The van der Waals surface area contributed by atoms with Crippen LogP contribution in [0.1, 0.15) is 48.5 Å². The van der Waals surface area contributed by atoms with E-state index in [9.17, 15) is 9.00 Å². The number of thiazole rings is 1. The molecule has 1 aliphatic rings. The second-order valence-corrected chi connectivity index (χ2v) is 9.41. The number of aromatic nitrogens is 1. The van der Waals surface area contributed by atoms with Gasteiger partial charge in [-0.1, -0.05) is 42.8 Å². The fourth-order valence-electron chi connectivity index (χ4n) is 3.40. The summed E-state index contributed by atoms with van der Waals surface area (Å²) in [6.45, 7) is 2.06. The summed E-state index contributed by atoms with van der Waals surface area (Å²) in [6, 6.07) is 7.38. The van der Waals surface area contributed by atoms with Crippen molar-refractivity contribution < 1.29 is 13.6 Å². The lowest BCUT2D eigenvalue weighted by molar-refractivity contribution is -0.121. The Balaban J connectivity index is 1.63. The van der Waals surface area contributed by atoms with Crippen LogP contribution in [0.25, 0.3) is 0 Å². The topological polar surface area (TPSA) is 91.3 Å². The molecule has 0 aliphatic heterocycles. The van der Waals surface area contributed by atoms with E-state index in [0.717, 1.165) is 29.1 Å². The van der Waals surface area contributed by atoms with E-state index in [1.807, 2.05) is 41.8 Å². The number of hydrogen-bond acceptors (Lipinski definition) is 4. The summed E-state index contributed by atoms with van der Waals surface area (Å²) in [4.78, 5) is 17.4. The molecule has 0 saturated carbocycles. The average molecular weight is 480 g/mol. The Morgan fingerprint density at radius 1 is 1.45 bits per heavy atom. The van der Waals surface area contributed by atoms with E-state index in [0.29, 0.717) is 30.0 Å². The van der Waals surface area contributed by atoms with Crippen LogP contribution in [0.2, 0.25) is 5.02 Å². The molecule has 3 atom stereocenters. The van der Waals surface area contributed by atoms with Gasteiger partial charge in [-0.25, -0.2) is 9.19 Å². The lowest BCUT2D eigenvalue weighted by Crippen LogP contribution is -2.30. The van der Waals surface area contributed by atoms with Crippen molar-refractivity contribution >= 4 is 40.1 Å². The van der Waals surface area contributed by atoms with Crippen LogP contribution in [0.15, 0.2) is 53.6 Å². The van der Waals surface area contributed by atoms with Crippen LogP contribution in [0, 0.1) is 5.92 Å². The van der Waals surface area contributed by atoms with Gasteiger partial charge in [0.15, 0.2) is 0 Å². The molecule has 3 N–H and O–H groups in total. The lowest BCUT2D eigenvalue weighted by atomic mass is 9.92. The molecule has 3 rings (SSSR count). The predicted molar refractivity (Wildman–Crippen MR) is 126 cm³/mol. The van der Waals surface area contributed by atoms with Crippen LogP contribution in [0.3, 0.4) is 0 Å². The zero-order valence-corrected chi connectivity index (χ0v) is 19.6. The third kappa shape index (κ3) is 7.57. The van der Waals surface area contributed by atoms with Crippen LogP contribution in [0.5, 0.6) is 0 Å². The van der Waals surface area contributed by atoms with Crippen molar-refractivity contribution in [3.05, 3.63) is 74.9 Å². The normalized spacial score (nSPS) is 17.6. The molecular formula is C22H26ClN3O3S2. The smallest absolute Gasteiger partial charge is 0.259 e. The van der Waals surface area contributed by atoms with Gasteiger partial charge in [0.05, 0.1) is 11.7 Å². The van der Waals surface area contributed by atoms with Crippen molar-refractivity contribution in [3.8, 4) is 0 Å². The van der Waals surface area contributed by atoms with Crippen LogP contribution < -0.4 is 10.0 Å². The zero-order chi connectivity index (χ0) is 22.2. The molecule has 1 heterocycles. The molecule has 2 aromatic rings. The molecule has 0 bridgehead atoms. The quantitative estimate of drug-likeness (QED) is 0.430. The predicted octanol–water partition coefficient (Wildman–Crippen LogP) is 4.73. The second-order valence-electron chi connectivity index (χ2n) is 7.38. The fraction of sp³-hybridized carbons (Fsp3) is 0.364. The maximum absolute atomic E-state index is 12.7. The van der Waals surface area contributed by atoms with E-state index in [1.165, 1.54) is 0 Å². The van der Waals surface area contributed by atoms with E-state index >= 15 is 0 Å². The Morgan fingerprint density at radius 2 is 2.29 bits per heavy atom. The first-order valence-electron chi connectivity index (χ1n) is 10.2. The highest BCUT2D eigenvalue weighted by Crippen LogP contribution is 2.29. The number of carbonyl (C=O) groups excluding carboxylic acids is 1. The maximum atomic E-state index is 12.7. The zero-order valence-electron chi connectivity index (χ0n) is 17.2. The van der Waals surface area contributed by atoms with Crippen LogP contribution >= 0.6 is 22.9 Å². The minimum atomic E-state index is -2.08. The van der Waals surface area contributed by atoms with Gasteiger partial charge in [0.1, 0.15) is 5.01 Å². The minimum Gasteiger partial charge on any atom is -0.347 e. The summed E-state index contributed by atoms with van der Waals surface area (Å²) < 4.78 is 22.4. The standard InChI is InChI=1S/C22H26ClN3O3S2/c1-2-18-14-30-22(24-18)20(13-16-6-9-19(10-7-16)26-31(28)29)25-21(27)11-8-15-4-3-5-17(23)12-15/h3-6,9-10,12,14,16,20,26H,2,7-8,11,13H2,1H3,(H,25,27)(H,28,29)/t16?,20-/m0/s1. The summed E-state index contributed by atoms with van der Waals surface area (Å²) in [5, 5.41) is 6.78. The number of nitrogens with zero attached hydrogens (tertiary/aromatic N) is 1. The van der Waals surface area contributed by atoms with Crippen LogP contribution in [-0.2, 0) is 28.9 Å². The van der Waals surface area contributed by atoms with Crippen LogP contribution in [-0.4, -0.2) is 19.7 Å². The van der Waals surface area contributed by atoms with Gasteiger partial charge in [0.25, 0.3) is 11.3 Å². The Bertz CT molecular complexity index is 990. The SMILES string of the molecule is CCc1csc([C@H](CC2C=CC(NS(=O)O)=CC2)NC(=O)CCc2cccc(Cl)c2)n1. The minimum absolute atomic E-state index is 0.0217. The third-order valence-electron chi connectivity index (χ3n) is 5.03. The Morgan fingerprint density at radius 3 is 2.94 bits per heavy atom. The van der Waals surface area contributed by atoms with E-state index in [2.05, 4.69) is 17.0 Å². The van der Waals surface area contributed by atoms with Gasteiger partial charge < -0.3 is 5.32 Å². The number of amides is 1. The van der Waals surface area contributed by atoms with Crippen molar-refractivity contribution in [1.29, 1.82) is 0 Å². The van der Waals surface area contributed by atoms with Gasteiger partial charge in [-0.05, 0) is 55.4 Å². The van der Waals surface area contributed by atoms with Crippen LogP contribution in [0.4, 0.5) is 0 Å². The highest BCUT2D eigenvalue weighted by Gasteiger charge is 2.22. The molecule has 9 heteroatoms. The molecule has 166 valence electrons. The molecule has 6 nitrogen and oxygen atoms in total. The Kier molecular flexibility index (Phi) is 8.83. The summed E-state index contributed by atoms with van der Waals surface area (Å²) in [6.07, 6.45) is 8.99. The largest absolute Gasteiger partial charge is 0.347 e. The first-order chi connectivity index (χ1) is 14.9. The molecule has 2 unspecified atom stereocenters. The number of nitrogens with one attached hydrogen (secondary N) is 2. The highest BCUT2D eigenvalue weighted by molar-refractivity contribution is 7.77. The third-order valence-corrected chi connectivity index (χ3v) is 6.68. The molecule has 1 aliphatic carbocycles. The Labute approximate surface area is 194 Å². The van der Waals surface area contributed by atoms with E-state index in [4.69, 9.17) is 21.1 Å². The first kappa shape index (κ1) is 23.7. The molecule has 0 radical (unpaired) electrons. The number of halogens is 1. The van der Waals surface area contributed by atoms with E-state index in [-0.39, 0.29) is 17.9 Å². The van der Waals surface area contributed by atoms with E-state index < -0.39 is 11.3 Å². The van der Waals surface area contributed by atoms with Gasteiger partial charge in [-0.15, -0.1) is 11.3 Å². The van der Waals surface area contributed by atoms with Gasteiger partial charge in [-0.3, -0.25) is 14.1 Å². The van der Waals surface area contributed by atoms with Gasteiger partial charge in [0, 0.05) is 22.5 Å². The van der Waals surface area contributed by atoms with Crippen molar-refractivity contribution in [2.75, 3.05) is 0 Å². The number of aryl methyl sites for hydroxylation is 2. The fourth-order valence-corrected chi connectivity index (χ4v) is 4.93. The maximum Gasteiger partial charge on any atom is 0.259 e. The van der Waals surface area contributed by atoms with Gasteiger partial charge >= 0.3 is 0 Å². The monoisotopic (exact) mass is 479 g/mol. The number of hydrogen-bond donors (Lipinski definition) is 3. The number of allylic oxidation sites excluding steroid dienone is 3. The molecule has 0 fully saturated rings. The summed E-state index contributed by atoms with van der Waals surface area (Å²) >= 11 is 5.52. The van der Waals surface area contributed by atoms with Crippen molar-refractivity contribution in [3.63, 3.8) is 0 Å². The van der Waals surface area contributed by atoms with Crippen molar-refractivity contribution in [1.82, 2.24) is 15.0 Å². The Hall–Kier alpha value is -2.00.